The second kappa shape index (κ2) is 9.90. The number of carbonyl (C=O) groups excluding carboxylic acids is 1. The monoisotopic (exact) mass is 444 g/mol. The first-order valence-corrected chi connectivity index (χ1v) is 12.1. The lowest BCUT2D eigenvalue weighted by atomic mass is 10.2. The number of halogens is 1. The quantitative estimate of drug-likeness (QED) is 0.324. The van der Waals surface area contributed by atoms with Gasteiger partial charge in [0, 0.05) is 17.9 Å². The Bertz CT molecular complexity index is 1000. The molecule has 1 aromatic heterocycles. The number of carbonyl (C=O) groups is 1. The van der Waals surface area contributed by atoms with Gasteiger partial charge in [0.15, 0.2) is 5.13 Å². The summed E-state index contributed by atoms with van der Waals surface area (Å²) < 4.78 is 20.1. The molecule has 158 valence electrons. The number of thioether (sulfide) groups is 1. The molecule has 4 nitrogen and oxygen atoms in total. The Morgan fingerprint density at radius 3 is 2.90 bits per heavy atom. The molecule has 0 spiro atoms. The van der Waals surface area contributed by atoms with Crippen molar-refractivity contribution in [1.82, 2.24) is 4.98 Å². The third kappa shape index (κ3) is 5.39. The third-order valence-electron chi connectivity index (χ3n) is 5.11. The molecule has 2 aromatic carbocycles. The molecule has 2 heterocycles. The van der Waals surface area contributed by atoms with E-state index < -0.39 is 0 Å². The zero-order valence-electron chi connectivity index (χ0n) is 17.0. The van der Waals surface area contributed by atoms with Crippen molar-refractivity contribution in [2.75, 3.05) is 23.8 Å². The lowest BCUT2D eigenvalue weighted by Crippen LogP contribution is -2.37. The molecule has 1 amide bonds. The van der Waals surface area contributed by atoms with Crippen molar-refractivity contribution in [3.63, 3.8) is 0 Å². The molecule has 1 aliphatic rings. The molecule has 0 bridgehead atoms. The first-order chi connectivity index (χ1) is 14.6. The van der Waals surface area contributed by atoms with Crippen LogP contribution in [0.1, 0.15) is 31.2 Å². The minimum absolute atomic E-state index is 0.0413. The Labute approximate surface area is 184 Å². The van der Waals surface area contributed by atoms with Gasteiger partial charge in [0.05, 0.1) is 22.9 Å². The van der Waals surface area contributed by atoms with E-state index >= 15 is 0 Å². The van der Waals surface area contributed by atoms with Crippen LogP contribution >= 0.6 is 23.1 Å². The smallest absolute Gasteiger partial charge is 0.228 e. The molecule has 4 rings (SSSR count). The van der Waals surface area contributed by atoms with Crippen LogP contribution in [0.5, 0.6) is 0 Å². The Morgan fingerprint density at radius 1 is 1.30 bits per heavy atom. The molecule has 1 saturated heterocycles. The fourth-order valence-corrected chi connectivity index (χ4v) is 5.33. The number of anilines is 1. The number of fused-ring (bicyclic) bond motifs is 1. The molecule has 1 atom stereocenters. The van der Waals surface area contributed by atoms with Crippen LogP contribution in [0.3, 0.4) is 0 Å². The summed E-state index contributed by atoms with van der Waals surface area (Å²) in [6, 6.07) is 13.0. The summed E-state index contributed by atoms with van der Waals surface area (Å²) in [5.41, 5.74) is 1.96. The highest BCUT2D eigenvalue weighted by Gasteiger charge is 2.26. The fraction of sp³-hybridized carbons (Fsp3) is 0.391. The molecule has 1 aliphatic heterocycles. The Balaban J connectivity index is 1.41. The lowest BCUT2D eigenvalue weighted by molar-refractivity contribution is -0.119. The maximum atomic E-state index is 13.6. The highest BCUT2D eigenvalue weighted by Crippen LogP contribution is 2.31. The Morgan fingerprint density at radius 2 is 2.13 bits per heavy atom. The molecule has 3 aromatic rings. The number of hydrogen-bond acceptors (Lipinski definition) is 5. The van der Waals surface area contributed by atoms with Crippen molar-refractivity contribution in [3.05, 3.63) is 53.8 Å². The summed E-state index contributed by atoms with van der Waals surface area (Å²) in [4.78, 5) is 20.6. The normalized spacial score (nSPS) is 16.3. The van der Waals surface area contributed by atoms with Crippen LogP contribution in [-0.4, -0.2) is 35.9 Å². The van der Waals surface area contributed by atoms with Crippen molar-refractivity contribution < 1.29 is 13.9 Å². The number of benzene rings is 2. The van der Waals surface area contributed by atoms with Gasteiger partial charge in [0.2, 0.25) is 5.91 Å². The van der Waals surface area contributed by atoms with E-state index in [1.807, 2.05) is 0 Å². The number of hydrogen-bond donors (Lipinski definition) is 0. The van der Waals surface area contributed by atoms with E-state index in [4.69, 9.17) is 4.74 Å². The molecule has 0 saturated carbocycles. The van der Waals surface area contributed by atoms with Crippen molar-refractivity contribution in [1.29, 1.82) is 0 Å². The molecule has 30 heavy (non-hydrogen) atoms. The van der Waals surface area contributed by atoms with Crippen LogP contribution in [0, 0.1) is 12.7 Å². The van der Waals surface area contributed by atoms with Crippen LogP contribution in [0.15, 0.2) is 47.4 Å². The van der Waals surface area contributed by atoms with Crippen molar-refractivity contribution in [2.45, 2.75) is 43.6 Å². The third-order valence-corrected chi connectivity index (χ3v) is 7.25. The van der Waals surface area contributed by atoms with Gasteiger partial charge < -0.3 is 4.74 Å². The summed E-state index contributed by atoms with van der Waals surface area (Å²) in [5.74, 6) is 0.644. The molecular formula is C23H25FN2O2S2. The molecule has 0 radical (unpaired) electrons. The number of aryl methyl sites for hydroxylation is 1. The molecule has 0 aliphatic carbocycles. The molecular weight excluding hydrogens is 419 g/mol. The van der Waals surface area contributed by atoms with Gasteiger partial charge in [-0.25, -0.2) is 9.37 Å². The van der Waals surface area contributed by atoms with E-state index in [1.165, 1.54) is 33.9 Å². The molecule has 0 N–H and O–H groups in total. The zero-order valence-corrected chi connectivity index (χ0v) is 18.6. The number of ether oxygens (including phenoxy) is 1. The van der Waals surface area contributed by atoms with E-state index in [1.54, 1.807) is 22.7 Å². The number of nitrogens with zero attached hydrogens (tertiary/aromatic N) is 2. The van der Waals surface area contributed by atoms with Crippen LogP contribution in [0.2, 0.25) is 0 Å². The Hall–Kier alpha value is -1.96. The van der Waals surface area contributed by atoms with Crippen LogP contribution in [-0.2, 0) is 9.53 Å². The van der Waals surface area contributed by atoms with Gasteiger partial charge in [-0.3, -0.25) is 9.69 Å². The van der Waals surface area contributed by atoms with Gasteiger partial charge in [-0.15, -0.1) is 11.8 Å². The van der Waals surface area contributed by atoms with E-state index in [9.17, 15) is 9.18 Å². The van der Waals surface area contributed by atoms with Gasteiger partial charge in [0.25, 0.3) is 0 Å². The number of thiazole rings is 1. The zero-order chi connectivity index (χ0) is 20.9. The topological polar surface area (TPSA) is 42.4 Å². The Kier molecular flexibility index (Phi) is 7.02. The van der Waals surface area contributed by atoms with Crippen LogP contribution in [0.4, 0.5) is 9.52 Å². The predicted molar refractivity (Wildman–Crippen MR) is 122 cm³/mol. The first kappa shape index (κ1) is 21.3. The average molecular weight is 445 g/mol. The van der Waals surface area contributed by atoms with E-state index in [0.29, 0.717) is 18.1 Å². The maximum absolute atomic E-state index is 13.6. The summed E-state index contributed by atoms with van der Waals surface area (Å²) in [6.45, 7) is 3.32. The second-order valence-corrected chi connectivity index (χ2v) is 9.69. The summed E-state index contributed by atoms with van der Waals surface area (Å²) in [7, 11) is 0. The van der Waals surface area contributed by atoms with Crippen molar-refractivity contribution >= 4 is 44.4 Å². The van der Waals surface area contributed by atoms with Gasteiger partial charge in [-0.1, -0.05) is 29.0 Å². The first-order valence-electron chi connectivity index (χ1n) is 10.3. The molecule has 1 unspecified atom stereocenters. The van der Waals surface area contributed by atoms with Crippen molar-refractivity contribution in [2.24, 2.45) is 0 Å². The lowest BCUT2D eigenvalue weighted by Gasteiger charge is -2.23. The number of rotatable bonds is 8. The minimum Gasteiger partial charge on any atom is -0.376 e. The van der Waals surface area contributed by atoms with Gasteiger partial charge in [-0.05, 0) is 62.3 Å². The van der Waals surface area contributed by atoms with Gasteiger partial charge in [0.1, 0.15) is 5.82 Å². The SMILES string of the molecule is Cc1ccc(SCCCC(=O)N(CC2CCCO2)c2nc3ccc(F)cc3s2)cc1. The standard InChI is InChI=1S/C23H25FN2O2S2/c1-16-6-9-19(10-7-16)29-13-3-5-22(27)26(15-18-4-2-12-28-18)23-25-20-11-8-17(24)14-21(20)30-23/h6-11,14,18H,2-5,12-13,15H2,1H3. The minimum atomic E-state index is -0.289. The highest BCUT2D eigenvalue weighted by atomic mass is 32.2. The summed E-state index contributed by atoms with van der Waals surface area (Å²) in [5, 5.41) is 0.627. The molecule has 1 fully saturated rings. The predicted octanol–water partition coefficient (Wildman–Crippen LogP) is 5.83. The number of amides is 1. The average Bonchev–Trinajstić information content (AvgIpc) is 3.39. The van der Waals surface area contributed by atoms with Gasteiger partial charge in [-0.2, -0.15) is 0 Å². The van der Waals surface area contributed by atoms with E-state index in [2.05, 4.69) is 36.2 Å². The van der Waals surface area contributed by atoms with Crippen molar-refractivity contribution in [3.8, 4) is 0 Å². The maximum Gasteiger partial charge on any atom is 0.228 e. The summed E-state index contributed by atoms with van der Waals surface area (Å²) >= 11 is 3.13. The van der Waals surface area contributed by atoms with E-state index in [-0.39, 0.29) is 17.8 Å². The number of aromatic nitrogens is 1. The van der Waals surface area contributed by atoms with Gasteiger partial charge >= 0.3 is 0 Å². The molecule has 7 heteroatoms. The van der Waals surface area contributed by atoms with E-state index in [0.717, 1.165) is 41.8 Å². The largest absolute Gasteiger partial charge is 0.376 e. The van der Waals surface area contributed by atoms with Crippen LogP contribution < -0.4 is 4.90 Å². The van der Waals surface area contributed by atoms with Crippen LogP contribution in [0.25, 0.3) is 10.2 Å². The highest BCUT2D eigenvalue weighted by molar-refractivity contribution is 7.99. The fourth-order valence-electron chi connectivity index (χ4n) is 3.46. The summed E-state index contributed by atoms with van der Waals surface area (Å²) in [6.07, 6.45) is 3.26. The second-order valence-electron chi connectivity index (χ2n) is 7.51.